The monoisotopic (exact) mass is 410 g/mol. The maximum Gasteiger partial charge on any atom is 0.344 e. The summed E-state index contributed by atoms with van der Waals surface area (Å²) in [7, 11) is 0. The first-order valence-corrected chi connectivity index (χ1v) is 8.45. The van der Waals surface area contributed by atoms with E-state index >= 15 is 0 Å². The summed E-state index contributed by atoms with van der Waals surface area (Å²) in [6.07, 6.45) is 0. The number of non-ortho nitro benzene ring substituents is 2. The highest BCUT2D eigenvalue weighted by Gasteiger charge is 2.18. The molecule has 1 heterocycles. The Morgan fingerprint density at radius 1 is 0.933 bits per heavy atom. The fourth-order valence-corrected chi connectivity index (χ4v) is 2.30. The van der Waals surface area contributed by atoms with Crippen LogP contribution in [0.1, 0.15) is 27.3 Å². The van der Waals surface area contributed by atoms with Crippen molar-refractivity contribution >= 4 is 23.2 Å². The van der Waals surface area contributed by atoms with Gasteiger partial charge in [0.1, 0.15) is 0 Å². The molecule has 0 spiro atoms. The summed E-state index contributed by atoms with van der Waals surface area (Å²) in [5.41, 5.74) is 1.23. The first kappa shape index (κ1) is 20.3. The van der Waals surface area contributed by atoms with Crippen LogP contribution in [0.15, 0.2) is 53.6 Å². The van der Waals surface area contributed by atoms with Gasteiger partial charge in [-0.05, 0) is 43.3 Å². The van der Waals surface area contributed by atoms with E-state index in [1.165, 1.54) is 48.5 Å². The Hall–Kier alpha value is -4.48. The van der Waals surface area contributed by atoms with Crippen molar-refractivity contribution in [1.82, 2.24) is 15.1 Å². The Morgan fingerprint density at radius 2 is 1.43 bits per heavy atom. The summed E-state index contributed by atoms with van der Waals surface area (Å²) in [4.78, 5) is 34.2. The molecular weight excluding hydrogens is 396 g/mol. The van der Waals surface area contributed by atoms with Crippen LogP contribution >= 0.6 is 0 Å². The van der Waals surface area contributed by atoms with Gasteiger partial charge in [0.25, 0.3) is 11.4 Å². The summed E-state index contributed by atoms with van der Waals surface area (Å²) >= 11 is 0. The predicted octanol–water partition coefficient (Wildman–Crippen LogP) is 2.78. The molecule has 2 aromatic carbocycles. The molecule has 12 heteroatoms. The SMILES string of the molecule is Cc1nnn(N=C(OC(=O)c2ccc([N+](=O)[O-])cc2)c2ccc([N+](=O)[O-])cc2)c1C. The number of carbonyl (C=O) groups excluding carboxylic acids is 1. The van der Waals surface area contributed by atoms with E-state index < -0.39 is 15.8 Å². The second-order valence-electron chi connectivity index (χ2n) is 6.05. The molecule has 152 valence electrons. The molecule has 0 aliphatic heterocycles. The molecular formula is C18H14N6O6. The number of benzene rings is 2. The second kappa shape index (κ2) is 8.26. The minimum absolute atomic E-state index is 0.0571. The molecule has 0 saturated carbocycles. The van der Waals surface area contributed by atoms with E-state index in [2.05, 4.69) is 15.4 Å². The van der Waals surface area contributed by atoms with Crippen molar-refractivity contribution in [2.45, 2.75) is 13.8 Å². The number of esters is 1. The number of hydrogen-bond donors (Lipinski definition) is 0. The first-order valence-electron chi connectivity index (χ1n) is 8.45. The van der Waals surface area contributed by atoms with Crippen LogP contribution in [-0.2, 0) is 4.74 Å². The number of aromatic nitrogens is 3. The van der Waals surface area contributed by atoms with Gasteiger partial charge in [-0.2, -0.15) is 0 Å². The van der Waals surface area contributed by atoms with Crippen LogP contribution in [0.3, 0.4) is 0 Å². The predicted molar refractivity (Wildman–Crippen MR) is 103 cm³/mol. The molecule has 0 N–H and O–H groups in total. The fraction of sp³-hybridized carbons (Fsp3) is 0.111. The van der Waals surface area contributed by atoms with Crippen LogP contribution in [0, 0.1) is 34.1 Å². The topological polar surface area (TPSA) is 156 Å². The highest BCUT2D eigenvalue weighted by atomic mass is 16.6. The highest BCUT2D eigenvalue weighted by molar-refractivity contribution is 6.05. The van der Waals surface area contributed by atoms with Crippen molar-refractivity contribution in [1.29, 1.82) is 0 Å². The average molecular weight is 410 g/mol. The quantitative estimate of drug-likeness (QED) is 0.204. The van der Waals surface area contributed by atoms with Gasteiger partial charge in [0.05, 0.1) is 26.8 Å². The Bertz CT molecular complexity index is 1150. The second-order valence-corrected chi connectivity index (χ2v) is 6.05. The van der Waals surface area contributed by atoms with E-state index in [0.29, 0.717) is 11.4 Å². The first-order chi connectivity index (χ1) is 14.3. The van der Waals surface area contributed by atoms with Crippen LogP contribution in [0.25, 0.3) is 0 Å². The molecule has 0 aliphatic carbocycles. The van der Waals surface area contributed by atoms with Crippen LogP contribution in [-0.4, -0.2) is 36.8 Å². The number of nitro groups is 2. The summed E-state index contributed by atoms with van der Waals surface area (Å²) in [5, 5.41) is 33.5. The van der Waals surface area contributed by atoms with Crippen molar-refractivity contribution in [3.05, 3.63) is 91.3 Å². The number of nitro benzene ring substituents is 2. The number of nitrogens with zero attached hydrogens (tertiary/aromatic N) is 6. The van der Waals surface area contributed by atoms with E-state index in [-0.39, 0.29) is 28.4 Å². The third kappa shape index (κ3) is 4.32. The van der Waals surface area contributed by atoms with E-state index in [0.717, 1.165) is 4.79 Å². The zero-order valence-corrected chi connectivity index (χ0v) is 15.8. The van der Waals surface area contributed by atoms with Crippen LogP contribution in [0.5, 0.6) is 0 Å². The minimum atomic E-state index is -0.823. The van der Waals surface area contributed by atoms with Crippen molar-refractivity contribution in [3.8, 4) is 0 Å². The number of hydrogen-bond acceptors (Lipinski definition) is 9. The Labute approximate surface area is 168 Å². The van der Waals surface area contributed by atoms with Crippen LogP contribution in [0.4, 0.5) is 11.4 Å². The van der Waals surface area contributed by atoms with Gasteiger partial charge in [-0.1, -0.05) is 0 Å². The molecule has 0 fully saturated rings. The summed E-state index contributed by atoms with van der Waals surface area (Å²) < 4.78 is 5.37. The Morgan fingerprint density at radius 3 is 1.87 bits per heavy atom. The number of ether oxygens (including phenoxy) is 1. The molecule has 0 bridgehead atoms. The lowest BCUT2D eigenvalue weighted by Crippen LogP contribution is -2.16. The van der Waals surface area contributed by atoms with Gasteiger partial charge >= 0.3 is 5.97 Å². The highest BCUT2D eigenvalue weighted by Crippen LogP contribution is 2.16. The normalized spacial score (nSPS) is 11.2. The maximum atomic E-state index is 12.5. The largest absolute Gasteiger partial charge is 0.402 e. The third-order valence-electron chi connectivity index (χ3n) is 4.12. The molecule has 3 aromatic rings. The van der Waals surface area contributed by atoms with Gasteiger partial charge in [0.15, 0.2) is 0 Å². The molecule has 30 heavy (non-hydrogen) atoms. The van der Waals surface area contributed by atoms with Crippen molar-refractivity contribution in [2.75, 3.05) is 0 Å². The van der Waals surface area contributed by atoms with Gasteiger partial charge in [-0.3, -0.25) is 20.2 Å². The molecule has 0 atom stereocenters. The molecule has 0 amide bonds. The van der Waals surface area contributed by atoms with Crippen molar-refractivity contribution in [2.24, 2.45) is 5.10 Å². The lowest BCUT2D eigenvalue weighted by molar-refractivity contribution is -0.385. The molecule has 0 aliphatic rings. The fourth-order valence-electron chi connectivity index (χ4n) is 2.30. The Balaban J connectivity index is 1.96. The van der Waals surface area contributed by atoms with Crippen molar-refractivity contribution in [3.63, 3.8) is 0 Å². The average Bonchev–Trinajstić information content (AvgIpc) is 3.05. The zero-order valence-electron chi connectivity index (χ0n) is 15.8. The van der Waals surface area contributed by atoms with Crippen molar-refractivity contribution < 1.29 is 19.4 Å². The molecule has 12 nitrogen and oxygen atoms in total. The van der Waals surface area contributed by atoms with Gasteiger partial charge in [-0.25, -0.2) is 4.79 Å². The number of carbonyl (C=O) groups is 1. The number of rotatable bonds is 5. The summed E-state index contributed by atoms with van der Waals surface area (Å²) in [6, 6.07) is 10.1. The van der Waals surface area contributed by atoms with Gasteiger partial charge in [0, 0.05) is 29.8 Å². The molecule has 0 radical (unpaired) electrons. The molecule has 0 saturated heterocycles. The van der Waals surface area contributed by atoms with Crippen LogP contribution in [0.2, 0.25) is 0 Å². The van der Waals surface area contributed by atoms with Gasteiger partial charge in [0.2, 0.25) is 5.90 Å². The standard InChI is InChI=1S/C18H14N6O6/c1-11-12(2)22(21-19-11)20-17(13-3-7-15(8-4-13)23(26)27)30-18(25)14-5-9-16(10-6-14)24(28)29/h3-10H,1-2H3. The minimum Gasteiger partial charge on any atom is -0.402 e. The molecule has 3 rings (SSSR count). The van der Waals surface area contributed by atoms with Crippen LogP contribution < -0.4 is 0 Å². The third-order valence-corrected chi connectivity index (χ3v) is 4.12. The van der Waals surface area contributed by atoms with E-state index in [9.17, 15) is 25.0 Å². The van der Waals surface area contributed by atoms with Gasteiger partial charge in [-0.15, -0.1) is 15.0 Å². The lowest BCUT2D eigenvalue weighted by Gasteiger charge is -2.08. The summed E-state index contributed by atoms with van der Waals surface area (Å²) in [6.45, 7) is 3.44. The van der Waals surface area contributed by atoms with E-state index in [4.69, 9.17) is 4.74 Å². The van der Waals surface area contributed by atoms with Gasteiger partial charge < -0.3 is 4.74 Å². The molecule has 1 aromatic heterocycles. The number of aryl methyl sites for hydroxylation is 1. The smallest absolute Gasteiger partial charge is 0.344 e. The zero-order chi connectivity index (χ0) is 21.8. The van der Waals surface area contributed by atoms with E-state index in [1.54, 1.807) is 13.8 Å². The molecule has 0 unspecified atom stereocenters. The van der Waals surface area contributed by atoms with E-state index in [1.807, 2.05) is 0 Å². The lowest BCUT2D eigenvalue weighted by atomic mass is 10.2. The maximum absolute atomic E-state index is 12.5. The summed E-state index contributed by atoms with van der Waals surface area (Å²) in [5.74, 6) is -1.00. The Kier molecular flexibility index (Phi) is 5.58.